The molecule has 2 heterocycles. The number of methoxy groups -OCH3 is 1. The molecule has 0 saturated carbocycles. The number of imide groups is 1. The van der Waals surface area contributed by atoms with Crippen molar-refractivity contribution in [2.75, 3.05) is 7.11 Å². The van der Waals surface area contributed by atoms with Gasteiger partial charge in [0.1, 0.15) is 12.1 Å². The third-order valence-electron chi connectivity index (χ3n) is 6.10. The van der Waals surface area contributed by atoms with Gasteiger partial charge in [0.05, 0.1) is 25.4 Å². The van der Waals surface area contributed by atoms with Crippen LogP contribution in [-0.2, 0) is 25.8 Å². The first-order chi connectivity index (χ1) is 15.8. The maximum absolute atomic E-state index is 12.7. The van der Waals surface area contributed by atoms with Crippen LogP contribution in [0.15, 0.2) is 48.5 Å². The minimum Gasteiger partial charge on any atom is -0.493 e. The van der Waals surface area contributed by atoms with Gasteiger partial charge in [0.25, 0.3) is 0 Å². The van der Waals surface area contributed by atoms with Crippen LogP contribution < -0.4 is 20.1 Å². The number of fused-ring (bicyclic) bond motifs is 1. The van der Waals surface area contributed by atoms with Crippen molar-refractivity contribution in [1.82, 2.24) is 10.6 Å². The summed E-state index contributed by atoms with van der Waals surface area (Å²) in [4.78, 5) is 49.1. The lowest BCUT2D eigenvalue weighted by Gasteiger charge is -2.28. The van der Waals surface area contributed by atoms with E-state index in [1.807, 2.05) is 30.3 Å². The largest absolute Gasteiger partial charge is 0.493 e. The molecule has 0 radical (unpaired) electrons. The summed E-state index contributed by atoms with van der Waals surface area (Å²) in [6.45, 7) is 0.166. The zero-order valence-corrected chi connectivity index (χ0v) is 17.6. The Labute approximate surface area is 188 Å². The van der Waals surface area contributed by atoms with Crippen molar-refractivity contribution in [3.8, 4) is 11.5 Å². The summed E-state index contributed by atoms with van der Waals surface area (Å²) in [5, 5.41) is 24.3. The van der Waals surface area contributed by atoms with Crippen LogP contribution in [0.4, 0.5) is 0 Å². The van der Waals surface area contributed by atoms with Gasteiger partial charge in [0.15, 0.2) is 11.5 Å². The average molecular weight is 454 g/mol. The summed E-state index contributed by atoms with van der Waals surface area (Å²) in [5.41, 5.74) is -0.915. The van der Waals surface area contributed by atoms with Gasteiger partial charge in [-0.1, -0.05) is 42.5 Å². The first-order valence-corrected chi connectivity index (χ1v) is 10.2. The molecule has 2 fully saturated rings. The maximum Gasteiger partial charge on any atom is 0.325 e. The van der Waals surface area contributed by atoms with Gasteiger partial charge in [-0.3, -0.25) is 29.8 Å². The number of carboxylic acid groups (broad SMARTS) is 2. The van der Waals surface area contributed by atoms with Gasteiger partial charge in [-0.2, -0.15) is 0 Å². The Morgan fingerprint density at radius 2 is 1.76 bits per heavy atom. The Hall–Kier alpha value is -3.92. The number of carbonyl (C=O) groups is 4. The normalized spacial score (nSPS) is 25.9. The van der Waals surface area contributed by atoms with Crippen LogP contribution in [0.25, 0.3) is 0 Å². The fourth-order valence-electron chi connectivity index (χ4n) is 4.69. The first-order valence-electron chi connectivity index (χ1n) is 10.2. The molecule has 4 N–H and O–H groups in total. The Kier molecular flexibility index (Phi) is 5.77. The Morgan fingerprint density at radius 3 is 2.39 bits per heavy atom. The Balaban J connectivity index is 1.79. The minimum absolute atomic E-state index is 0.166. The van der Waals surface area contributed by atoms with E-state index >= 15 is 0 Å². The molecule has 10 nitrogen and oxygen atoms in total. The van der Waals surface area contributed by atoms with Crippen molar-refractivity contribution in [2.45, 2.75) is 24.6 Å². The van der Waals surface area contributed by atoms with Gasteiger partial charge in [0, 0.05) is 11.6 Å². The molecule has 172 valence electrons. The molecule has 0 spiro atoms. The van der Waals surface area contributed by atoms with Crippen molar-refractivity contribution in [3.05, 3.63) is 59.7 Å². The number of para-hydroxylation sites is 1. The van der Waals surface area contributed by atoms with Crippen molar-refractivity contribution in [2.24, 2.45) is 11.8 Å². The highest BCUT2D eigenvalue weighted by Crippen LogP contribution is 2.50. The lowest BCUT2D eigenvalue weighted by molar-refractivity contribution is -0.154. The summed E-state index contributed by atoms with van der Waals surface area (Å²) < 4.78 is 11.5. The van der Waals surface area contributed by atoms with Gasteiger partial charge in [0.2, 0.25) is 11.8 Å². The first kappa shape index (κ1) is 22.3. The summed E-state index contributed by atoms with van der Waals surface area (Å²) in [5.74, 6) is -6.37. The second kappa shape index (κ2) is 8.55. The molecule has 2 aliphatic rings. The zero-order valence-electron chi connectivity index (χ0n) is 17.6. The van der Waals surface area contributed by atoms with Crippen LogP contribution in [0.3, 0.4) is 0 Å². The molecule has 4 rings (SSSR count). The molecule has 10 heteroatoms. The van der Waals surface area contributed by atoms with Gasteiger partial charge < -0.3 is 19.7 Å². The molecule has 0 bridgehead atoms. The highest BCUT2D eigenvalue weighted by molar-refractivity contribution is 6.10. The molecule has 0 aliphatic carbocycles. The molecule has 4 atom stereocenters. The predicted octanol–water partition coefficient (Wildman–Crippen LogP) is 1.11. The van der Waals surface area contributed by atoms with E-state index in [9.17, 15) is 29.4 Å². The molecule has 2 aliphatic heterocycles. The molecule has 2 amide bonds. The average Bonchev–Trinajstić information content (AvgIpc) is 3.28. The second-order valence-corrected chi connectivity index (χ2v) is 7.98. The van der Waals surface area contributed by atoms with E-state index in [0.29, 0.717) is 11.3 Å². The van der Waals surface area contributed by atoms with Crippen LogP contribution in [0.1, 0.15) is 23.6 Å². The van der Waals surface area contributed by atoms with Crippen molar-refractivity contribution < 1.29 is 38.9 Å². The van der Waals surface area contributed by atoms with Gasteiger partial charge in [-0.15, -0.1) is 0 Å². The number of ether oxygens (including phenoxy) is 2. The smallest absolute Gasteiger partial charge is 0.325 e. The third-order valence-corrected chi connectivity index (χ3v) is 6.10. The molecular formula is C23H22N2O8. The Morgan fingerprint density at radius 1 is 1.03 bits per heavy atom. The number of amides is 2. The highest BCUT2D eigenvalue weighted by Gasteiger charge is 2.67. The number of nitrogens with one attached hydrogen (secondary N) is 2. The fraction of sp³-hybridized carbons (Fsp3) is 0.304. The van der Waals surface area contributed by atoms with E-state index in [-0.39, 0.29) is 12.4 Å². The van der Waals surface area contributed by atoms with Crippen LogP contribution in [0, 0.1) is 11.8 Å². The quantitative estimate of drug-likeness (QED) is 0.430. The van der Waals surface area contributed by atoms with E-state index in [0.717, 1.165) is 5.56 Å². The Bertz CT molecular complexity index is 1120. The lowest BCUT2D eigenvalue weighted by atomic mass is 9.77. The van der Waals surface area contributed by atoms with Crippen molar-refractivity contribution in [1.29, 1.82) is 0 Å². The van der Waals surface area contributed by atoms with Crippen molar-refractivity contribution in [3.63, 3.8) is 0 Å². The van der Waals surface area contributed by atoms with E-state index in [1.165, 1.54) is 7.11 Å². The number of carboxylic acids is 2. The maximum atomic E-state index is 12.7. The standard InChI is InChI=1S/C23H22N2O8/c1-32-14-9-5-8-13(19(14)33-11-12-6-3-2-4-7-12)18-16-17(21(29)24-20(16)28)23(25-18,22(30)31)10-15(26)27/h2-9,16-18,25H,10-11H2,1H3,(H,26,27)(H,30,31)(H,24,28,29). The molecular weight excluding hydrogens is 432 g/mol. The number of hydrogen-bond acceptors (Lipinski definition) is 7. The topological polar surface area (TPSA) is 151 Å². The zero-order chi connectivity index (χ0) is 23.8. The molecule has 2 aromatic carbocycles. The highest BCUT2D eigenvalue weighted by atomic mass is 16.5. The van der Waals surface area contributed by atoms with Crippen LogP contribution >= 0.6 is 0 Å². The SMILES string of the molecule is COc1cccc(C2NC(CC(=O)O)(C(=O)O)C3C(=O)NC(=O)C23)c1OCc1ccccc1. The van der Waals surface area contributed by atoms with Crippen molar-refractivity contribution >= 4 is 23.8 Å². The third kappa shape index (κ3) is 3.78. The molecule has 2 aromatic rings. The molecule has 4 unspecified atom stereocenters. The summed E-state index contributed by atoms with van der Waals surface area (Å²) in [6, 6.07) is 13.2. The number of carbonyl (C=O) groups excluding carboxylic acids is 2. The summed E-state index contributed by atoms with van der Waals surface area (Å²) >= 11 is 0. The fourth-order valence-corrected chi connectivity index (χ4v) is 4.69. The number of hydrogen-bond donors (Lipinski definition) is 4. The van der Waals surface area contributed by atoms with Gasteiger partial charge >= 0.3 is 11.9 Å². The lowest BCUT2D eigenvalue weighted by Crippen LogP contribution is -2.56. The predicted molar refractivity (Wildman–Crippen MR) is 112 cm³/mol. The van der Waals surface area contributed by atoms with Gasteiger partial charge in [-0.25, -0.2) is 0 Å². The van der Waals surface area contributed by atoms with Gasteiger partial charge in [-0.05, 0) is 11.6 Å². The number of rotatable bonds is 8. The molecule has 33 heavy (non-hydrogen) atoms. The van der Waals surface area contributed by atoms with E-state index < -0.39 is 53.6 Å². The monoisotopic (exact) mass is 454 g/mol. The number of benzene rings is 2. The van der Waals surface area contributed by atoms with Crippen LogP contribution in [-0.4, -0.2) is 46.6 Å². The number of aliphatic carboxylic acids is 2. The summed E-state index contributed by atoms with van der Waals surface area (Å²) in [7, 11) is 1.44. The second-order valence-electron chi connectivity index (χ2n) is 7.98. The molecule has 2 saturated heterocycles. The van der Waals surface area contributed by atoms with E-state index in [2.05, 4.69) is 10.6 Å². The minimum atomic E-state index is -2.17. The van der Waals surface area contributed by atoms with E-state index in [1.54, 1.807) is 18.2 Å². The summed E-state index contributed by atoms with van der Waals surface area (Å²) in [6.07, 6.45) is -0.884. The van der Waals surface area contributed by atoms with Crippen LogP contribution in [0.5, 0.6) is 11.5 Å². The van der Waals surface area contributed by atoms with E-state index in [4.69, 9.17) is 9.47 Å². The van der Waals surface area contributed by atoms with Crippen LogP contribution in [0.2, 0.25) is 0 Å². The molecule has 0 aromatic heterocycles.